The number of carbonyl (C=O) groups is 1. The van der Waals surface area contributed by atoms with Crippen LogP contribution in [-0.4, -0.2) is 55.6 Å². The summed E-state index contributed by atoms with van der Waals surface area (Å²) in [6.45, 7) is 1.03. The molecule has 1 amide bonds. The molecule has 0 saturated carbocycles. The van der Waals surface area contributed by atoms with Gasteiger partial charge in [-0.2, -0.15) is 0 Å². The van der Waals surface area contributed by atoms with Crippen LogP contribution in [0.4, 0.5) is 5.82 Å². The third-order valence-corrected chi connectivity index (χ3v) is 4.44. The topological polar surface area (TPSA) is 109 Å². The Bertz CT molecular complexity index is 660. The molecule has 0 aliphatic carbocycles. The Hall–Kier alpha value is -1.74. The molecule has 0 radical (unpaired) electrons. The number of amides is 1. The summed E-state index contributed by atoms with van der Waals surface area (Å²) in [4.78, 5) is 24.3. The predicted octanol–water partition coefficient (Wildman–Crippen LogP) is -0.504. The number of rotatable bonds is 5. The first-order valence-corrected chi connectivity index (χ1v) is 8.78. The molecule has 0 unspecified atom stereocenters. The molecule has 1 aliphatic rings. The van der Waals surface area contributed by atoms with Gasteiger partial charge in [-0.15, -0.1) is 0 Å². The molecule has 22 heavy (non-hydrogen) atoms. The van der Waals surface area contributed by atoms with E-state index in [2.05, 4.69) is 9.97 Å². The molecule has 0 atom stereocenters. The van der Waals surface area contributed by atoms with E-state index in [1.54, 1.807) is 4.90 Å². The maximum atomic E-state index is 12.1. The van der Waals surface area contributed by atoms with Gasteiger partial charge in [0.25, 0.3) is 0 Å². The van der Waals surface area contributed by atoms with Crippen LogP contribution < -0.4 is 10.0 Å². The molecular weight excluding hydrogens is 306 g/mol. The van der Waals surface area contributed by atoms with Crippen molar-refractivity contribution in [2.75, 3.05) is 31.3 Å². The molecule has 0 aromatic carbocycles. The summed E-state index contributed by atoms with van der Waals surface area (Å²) in [5, 5.41) is 4.93. The Morgan fingerprint density at radius 2 is 2.14 bits per heavy atom. The predicted molar refractivity (Wildman–Crippen MR) is 82.7 cm³/mol. The van der Waals surface area contributed by atoms with Crippen molar-refractivity contribution in [2.24, 2.45) is 5.14 Å². The van der Waals surface area contributed by atoms with E-state index >= 15 is 0 Å². The minimum Gasteiger partial charge on any atom is -0.362 e. The van der Waals surface area contributed by atoms with E-state index in [1.165, 1.54) is 6.33 Å². The van der Waals surface area contributed by atoms with Gasteiger partial charge in [0.1, 0.15) is 12.1 Å². The Morgan fingerprint density at radius 1 is 1.41 bits per heavy atom. The molecular formula is C13H21N5O3S. The van der Waals surface area contributed by atoms with Crippen LogP contribution in [0.1, 0.15) is 24.1 Å². The van der Waals surface area contributed by atoms with Crippen molar-refractivity contribution >= 4 is 21.7 Å². The SMILES string of the molecule is CN(C)c1ncnc2c1CCN(C(=O)CCCS(N)(=O)=O)C2. The lowest BCUT2D eigenvalue weighted by molar-refractivity contribution is -0.132. The maximum absolute atomic E-state index is 12.1. The molecule has 2 rings (SSSR count). The van der Waals surface area contributed by atoms with Gasteiger partial charge in [0.15, 0.2) is 0 Å². The standard InChI is InChI=1S/C13H21N5O3S/c1-17(2)13-10-5-6-18(8-11(10)15-9-16-13)12(19)4-3-7-22(14,20)21/h9H,3-8H2,1-2H3,(H2,14,20,21). The van der Waals surface area contributed by atoms with Crippen molar-refractivity contribution in [3.05, 3.63) is 17.6 Å². The number of nitrogens with zero attached hydrogens (tertiary/aromatic N) is 4. The Morgan fingerprint density at radius 3 is 2.77 bits per heavy atom. The highest BCUT2D eigenvalue weighted by molar-refractivity contribution is 7.89. The number of aromatic nitrogens is 2. The zero-order valence-electron chi connectivity index (χ0n) is 12.8. The van der Waals surface area contributed by atoms with E-state index < -0.39 is 10.0 Å². The van der Waals surface area contributed by atoms with E-state index in [1.807, 2.05) is 19.0 Å². The second kappa shape index (κ2) is 6.57. The lowest BCUT2D eigenvalue weighted by atomic mass is 10.0. The summed E-state index contributed by atoms with van der Waals surface area (Å²) in [5.41, 5.74) is 1.92. The van der Waals surface area contributed by atoms with Crippen molar-refractivity contribution in [2.45, 2.75) is 25.8 Å². The summed E-state index contributed by atoms with van der Waals surface area (Å²) in [6.07, 6.45) is 2.62. The monoisotopic (exact) mass is 327 g/mol. The number of fused-ring (bicyclic) bond motifs is 1. The first-order valence-electron chi connectivity index (χ1n) is 7.06. The number of sulfonamides is 1. The van der Waals surface area contributed by atoms with E-state index in [0.29, 0.717) is 19.5 Å². The molecule has 8 nitrogen and oxygen atoms in total. The summed E-state index contributed by atoms with van der Waals surface area (Å²) in [7, 11) is 0.337. The number of anilines is 1. The molecule has 9 heteroatoms. The molecule has 122 valence electrons. The third kappa shape index (κ3) is 4.14. The maximum Gasteiger partial charge on any atom is 0.222 e. The quantitative estimate of drug-likeness (QED) is 0.780. The van der Waals surface area contributed by atoms with Gasteiger partial charge in [-0.1, -0.05) is 0 Å². The van der Waals surface area contributed by atoms with Gasteiger partial charge in [-0.3, -0.25) is 4.79 Å². The van der Waals surface area contributed by atoms with Gasteiger partial charge in [0.05, 0.1) is 18.0 Å². The molecule has 1 aliphatic heterocycles. The fourth-order valence-electron chi connectivity index (χ4n) is 2.52. The average molecular weight is 327 g/mol. The first-order chi connectivity index (χ1) is 10.3. The Kier molecular flexibility index (Phi) is 4.97. The smallest absolute Gasteiger partial charge is 0.222 e. The van der Waals surface area contributed by atoms with Crippen molar-refractivity contribution in [1.82, 2.24) is 14.9 Å². The van der Waals surface area contributed by atoms with E-state index in [-0.39, 0.29) is 24.5 Å². The lowest BCUT2D eigenvalue weighted by Gasteiger charge is -2.30. The summed E-state index contributed by atoms with van der Waals surface area (Å²) < 4.78 is 21.8. The minimum atomic E-state index is -3.51. The third-order valence-electron chi connectivity index (χ3n) is 3.58. The minimum absolute atomic E-state index is 0.0701. The fourth-order valence-corrected chi connectivity index (χ4v) is 3.06. The summed E-state index contributed by atoms with van der Waals surface area (Å²) in [5.74, 6) is 0.640. The van der Waals surface area contributed by atoms with Crippen LogP contribution in [0.5, 0.6) is 0 Å². The lowest BCUT2D eigenvalue weighted by Crippen LogP contribution is -2.37. The first kappa shape index (κ1) is 16.6. The van der Waals surface area contributed by atoms with Crippen LogP contribution in [0, 0.1) is 0 Å². The van der Waals surface area contributed by atoms with Gasteiger partial charge in [-0.05, 0) is 12.8 Å². The van der Waals surface area contributed by atoms with Crippen molar-refractivity contribution < 1.29 is 13.2 Å². The van der Waals surface area contributed by atoms with E-state index in [9.17, 15) is 13.2 Å². The van der Waals surface area contributed by atoms with Crippen LogP contribution >= 0.6 is 0 Å². The number of hydrogen-bond acceptors (Lipinski definition) is 6. The second-order valence-corrected chi connectivity index (χ2v) is 7.29. The molecule has 2 N–H and O–H groups in total. The fraction of sp³-hybridized carbons (Fsp3) is 0.615. The number of primary sulfonamides is 1. The average Bonchev–Trinajstić information content (AvgIpc) is 2.44. The molecule has 0 fully saturated rings. The second-order valence-electron chi connectivity index (χ2n) is 5.55. The van der Waals surface area contributed by atoms with Gasteiger partial charge in [0, 0.05) is 32.6 Å². The highest BCUT2D eigenvalue weighted by Gasteiger charge is 2.24. The number of nitrogens with two attached hydrogens (primary N) is 1. The number of hydrogen-bond donors (Lipinski definition) is 1. The van der Waals surface area contributed by atoms with Crippen LogP contribution in [-0.2, 0) is 27.8 Å². The zero-order chi connectivity index (χ0) is 16.3. The Balaban J connectivity index is 2.00. The van der Waals surface area contributed by atoms with Crippen LogP contribution in [0.25, 0.3) is 0 Å². The zero-order valence-corrected chi connectivity index (χ0v) is 13.6. The Labute approximate surface area is 130 Å². The van der Waals surface area contributed by atoms with Gasteiger partial charge in [-0.25, -0.2) is 23.5 Å². The number of carbonyl (C=O) groups excluding carboxylic acids is 1. The normalized spacial score (nSPS) is 14.6. The van der Waals surface area contributed by atoms with E-state index in [4.69, 9.17) is 5.14 Å². The molecule has 1 aromatic rings. The summed E-state index contributed by atoms with van der Waals surface area (Å²) in [6, 6.07) is 0. The van der Waals surface area contributed by atoms with Gasteiger partial charge >= 0.3 is 0 Å². The van der Waals surface area contributed by atoms with Crippen molar-refractivity contribution in [1.29, 1.82) is 0 Å². The molecule has 1 aromatic heterocycles. The van der Waals surface area contributed by atoms with Crippen molar-refractivity contribution in [3.8, 4) is 0 Å². The molecule has 0 bridgehead atoms. The highest BCUT2D eigenvalue weighted by atomic mass is 32.2. The van der Waals surface area contributed by atoms with Crippen LogP contribution in [0.2, 0.25) is 0 Å². The largest absolute Gasteiger partial charge is 0.362 e. The molecule has 0 spiro atoms. The molecule has 0 saturated heterocycles. The van der Waals surface area contributed by atoms with E-state index in [0.717, 1.165) is 17.1 Å². The molecule has 2 heterocycles. The van der Waals surface area contributed by atoms with Gasteiger partial charge in [0.2, 0.25) is 15.9 Å². The van der Waals surface area contributed by atoms with Gasteiger partial charge < -0.3 is 9.80 Å². The van der Waals surface area contributed by atoms with Crippen molar-refractivity contribution in [3.63, 3.8) is 0 Å². The summed E-state index contributed by atoms with van der Waals surface area (Å²) >= 11 is 0. The van der Waals surface area contributed by atoms with Crippen LogP contribution in [0.15, 0.2) is 6.33 Å². The highest BCUT2D eigenvalue weighted by Crippen LogP contribution is 2.24. The van der Waals surface area contributed by atoms with Crippen LogP contribution in [0.3, 0.4) is 0 Å².